The van der Waals surface area contributed by atoms with Crippen molar-refractivity contribution in [3.63, 3.8) is 0 Å². The first-order valence-electron chi connectivity index (χ1n) is 8.03. The number of amides is 1. The van der Waals surface area contributed by atoms with E-state index in [1.807, 2.05) is 47.7 Å². The molecule has 2 aromatic rings. The zero-order valence-corrected chi connectivity index (χ0v) is 14.0. The second-order valence-electron chi connectivity index (χ2n) is 6.26. The van der Waals surface area contributed by atoms with Gasteiger partial charge in [-0.25, -0.2) is 0 Å². The lowest BCUT2D eigenvalue weighted by molar-refractivity contribution is -0.132. The van der Waals surface area contributed by atoms with Crippen LogP contribution < -0.4 is 4.74 Å². The normalized spacial score (nSPS) is 17.5. The van der Waals surface area contributed by atoms with Crippen LogP contribution in [0.2, 0.25) is 0 Å². The fourth-order valence-electron chi connectivity index (χ4n) is 3.13. The van der Waals surface area contributed by atoms with Crippen molar-refractivity contribution >= 4 is 5.91 Å². The summed E-state index contributed by atoms with van der Waals surface area (Å²) >= 11 is 0. The number of likely N-dealkylation sites (tertiary alicyclic amines) is 1. The largest absolute Gasteiger partial charge is 0.484 e. The standard InChI is InChI=1S/C18H23N3O2/c1-13-5-4-6-17(9-13)23-12-18(22)20-8-7-16(11-20)21-15(3)10-14(2)19-21/h4-6,9-10,16H,7-8,11-12H2,1-3H3/t16-/m0/s1. The van der Waals surface area contributed by atoms with E-state index in [-0.39, 0.29) is 18.6 Å². The van der Waals surface area contributed by atoms with Gasteiger partial charge < -0.3 is 9.64 Å². The lowest BCUT2D eigenvalue weighted by Crippen LogP contribution is -2.33. The Morgan fingerprint density at radius 1 is 1.30 bits per heavy atom. The Bertz CT molecular complexity index is 708. The summed E-state index contributed by atoms with van der Waals surface area (Å²) in [6.07, 6.45) is 0.943. The van der Waals surface area contributed by atoms with E-state index in [4.69, 9.17) is 4.74 Å². The highest BCUT2D eigenvalue weighted by Crippen LogP contribution is 2.23. The molecule has 1 aromatic carbocycles. The molecule has 0 saturated carbocycles. The van der Waals surface area contributed by atoms with Crippen LogP contribution in [0.3, 0.4) is 0 Å². The molecule has 1 atom stereocenters. The monoisotopic (exact) mass is 313 g/mol. The number of ether oxygens (including phenoxy) is 1. The molecule has 1 fully saturated rings. The summed E-state index contributed by atoms with van der Waals surface area (Å²) < 4.78 is 7.66. The maximum atomic E-state index is 12.3. The molecule has 0 bridgehead atoms. The molecule has 5 nitrogen and oxygen atoms in total. The Labute approximate surface area is 136 Å². The van der Waals surface area contributed by atoms with E-state index >= 15 is 0 Å². The average Bonchev–Trinajstić information content (AvgIpc) is 3.11. The van der Waals surface area contributed by atoms with Crippen molar-refractivity contribution in [3.05, 3.63) is 47.3 Å². The number of rotatable bonds is 4. The van der Waals surface area contributed by atoms with Gasteiger partial charge in [-0.15, -0.1) is 0 Å². The SMILES string of the molecule is Cc1cccc(OCC(=O)N2CC[C@H](n3nc(C)cc3C)C2)c1. The van der Waals surface area contributed by atoms with Crippen LogP contribution in [0.15, 0.2) is 30.3 Å². The molecule has 3 rings (SSSR count). The van der Waals surface area contributed by atoms with Crippen molar-refractivity contribution in [1.82, 2.24) is 14.7 Å². The topological polar surface area (TPSA) is 47.4 Å². The number of hydrogen-bond acceptors (Lipinski definition) is 3. The molecule has 0 unspecified atom stereocenters. The zero-order valence-electron chi connectivity index (χ0n) is 14.0. The number of aryl methyl sites for hydroxylation is 3. The summed E-state index contributed by atoms with van der Waals surface area (Å²) in [5.74, 6) is 0.781. The molecule has 0 aliphatic carbocycles. The van der Waals surface area contributed by atoms with E-state index in [0.29, 0.717) is 6.54 Å². The number of benzene rings is 1. The summed E-state index contributed by atoms with van der Waals surface area (Å²) in [6, 6.07) is 10.1. The molecule has 1 saturated heterocycles. The number of aromatic nitrogens is 2. The van der Waals surface area contributed by atoms with Crippen LogP contribution in [0, 0.1) is 20.8 Å². The Hall–Kier alpha value is -2.30. The summed E-state index contributed by atoms with van der Waals surface area (Å²) in [4.78, 5) is 14.2. The van der Waals surface area contributed by atoms with Crippen LogP contribution in [-0.4, -0.2) is 40.3 Å². The van der Waals surface area contributed by atoms with Gasteiger partial charge in [0.1, 0.15) is 5.75 Å². The van der Waals surface area contributed by atoms with Gasteiger partial charge in [0.15, 0.2) is 6.61 Å². The third-order valence-electron chi connectivity index (χ3n) is 4.26. The molecule has 5 heteroatoms. The molecule has 0 N–H and O–H groups in total. The van der Waals surface area contributed by atoms with Gasteiger partial charge in [-0.05, 0) is 51.0 Å². The predicted octanol–water partition coefficient (Wildman–Crippen LogP) is 2.66. The fourth-order valence-corrected chi connectivity index (χ4v) is 3.13. The molecular weight excluding hydrogens is 290 g/mol. The molecule has 1 aliphatic rings. The van der Waals surface area contributed by atoms with E-state index in [0.717, 1.165) is 35.7 Å². The number of carbonyl (C=O) groups is 1. The fraction of sp³-hybridized carbons (Fsp3) is 0.444. The minimum atomic E-state index is 0.0375. The third-order valence-corrected chi connectivity index (χ3v) is 4.26. The van der Waals surface area contributed by atoms with Gasteiger partial charge in [0, 0.05) is 18.8 Å². The van der Waals surface area contributed by atoms with Crippen molar-refractivity contribution in [2.75, 3.05) is 19.7 Å². The van der Waals surface area contributed by atoms with Crippen LogP contribution in [0.5, 0.6) is 5.75 Å². The van der Waals surface area contributed by atoms with Gasteiger partial charge in [0.05, 0.1) is 11.7 Å². The van der Waals surface area contributed by atoms with Crippen LogP contribution in [0.25, 0.3) is 0 Å². The summed E-state index contributed by atoms with van der Waals surface area (Å²) in [5.41, 5.74) is 3.30. The van der Waals surface area contributed by atoms with Crippen molar-refractivity contribution in [1.29, 1.82) is 0 Å². The van der Waals surface area contributed by atoms with E-state index in [2.05, 4.69) is 18.1 Å². The number of nitrogens with zero attached hydrogens (tertiary/aromatic N) is 3. The lowest BCUT2D eigenvalue weighted by Gasteiger charge is -2.17. The van der Waals surface area contributed by atoms with Crippen molar-refractivity contribution in [2.45, 2.75) is 33.2 Å². The minimum Gasteiger partial charge on any atom is -0.484 e. The van der Waals surface area contributed by atoms with Gasteiger partial charge in [0.25, 0.3) is 5.91 Å². The van der Waals surface area contributed by atoms with Crippen molar-refractivity contribution in [2.24, 2.45) is 0 Å². The molecule has 1 aromatic heterocycles. The molecule has 122 valence electrons. The van der Waals surface area contributed by atoms with E-state index in [9.17, 15) is 4.79 Å². The molecule has 1 amide bonds. The number of carbonyl (C=O) groups excluding carboxylic acids is 1. The van der Waals surface area contributed by atoms with Gasteiger partial charge in [-0.2, -0.15) is 5.10 Å². The Morgan fingerprint density at radius 2 is 2.13 bits per heavy atom. The second kappa shape index (κ2) is 6.44. The Balaban J connectivity index is 1.56. The zero-order chi connectivity index (χ0) is 16.4. The van der Waals surface area contributed by atoms with Crippen LogP contribution in [0.1, 0.15) is 29.4 Å². The Morgan fingerprint density at radius 3 is 2.83 bits per heavy atom. The maximum absolute atomic E-state index is 12.3. The third kappa shape index (κ3) is 3.55. The molecular formula is C18H23N3O2. The van der Waals surface area contributed by atoms with Gasteiger partial charge in [0.2, 0.25) is 0 Å². The smallest absolute Gasteiger partial charge is 0.260 e. The van der Waals surface area contributed by atoms with E-state index in [1.54, 1.807) is 0 Å². The van der Waals surface area contributed by atoms with Crippen LogP contribution in [0.4, 0.5) is 0 Å². The first-order chi connectivity index (χ1) is 11.0. The molecule has 1 aliphatic heterocycles. The lowest BCUT2D eigenvalue weighted by atomic mass is 10.2. The van der Waals surface area contributed by atoms with Gasteiger partial charge in [-0.1, -0.05) is 12.1 Å². The van der Waals surface area contributed by atoms with E-state index < -0.39 is 0 Å². The highest BCUT2D eigenvalue weighted by molar-refractivity contribution is 5.78. The van der Waals surface area contributed by atoms with Crippen LogP contribution in [-0.2, 0) is 4.79 Å². The van der Waals surface area contributed by atoms with Crippen molar-refractivity contribution in [3.8, 4) is 5.75 Å². The molecule has 23 heavy (non-hydrogen) atoms. The molecule has 2 heterocycles. The second-order valence-corrected chi connectivity index (χ2v) is 6.26. The summed E-state index contributed by atoms with van der Waals surface area (Å²) in [6.45, 7) is 7.63. The van der Waals surface area contributed by atoms with Crippen molar-refractivity contribution < 1.29 is 9.53 Å². The number of hydrogen-bond donors (Lipinski definition) is 0. The highest BCUT2D eigenvalue weighted by atomic mass is 16.5. The predicted molar refractivity (Wildman–Crippen MR) is 88.6 cm³/mol. The van der Waals surface area contributed by atoms with E-state index in [1.165, 1.54) is 0 Å². The summed E-state index contributed by atoms with van der Waals surface area (Å²) in [5, 5.41) is 4.54. The average molecular weight is 313 g/mol. The van der Waals surface area contributed by atoms with Gasteiger partial charge >= 0.3 is 0 Å². The first-order valence-corrected chi connectivity index (χ1v) is 8.03. The first kappa shape index (κ1) is 15.6. The summed E-state index contributed by atoms with van der Waals surface area (Å²) in [7, 11) is 0. The van der Waals surface area contributed by atoms with Crippen LogP contribution >= 0.6 is 0 Å². The quantitative estimate of drug-likeness (QED) is 0.872. The molecule has 0 radical (unpaired) electrons. The van der Waals surface area contributed by atoms with Gasteiger partial charge in [-0.3, -0.25) is 9.48 Å². The maximum Gasteiger partial charge on any atom is 0.260 e. The molecule has 0 spiro atoms. The Kier molecular flexibility index (Phi) is 4.37. The highest BCUT2D eigenvalue weighted by Gasteiger charge is 2.28. The minimum absolute atomic E-state index is 0.0375.